The van der Waals surface area contributed by atoms with Crippen molar-refractivity contribution in [3.63, 3.8) is 0 Å². The summed E-state index contributed by atoms with van der Waals surface area (Å²) in [5.74, 6) is -0.0961. The third-order valence-electron chi connectivity index (χ3n) is 4.78. The normalized spacial score (nSPS) is 16.5. The quantitative estimate of drug-likeness (QED) is 0.659. The molecule has 1 aliphatic rings. The summed E-state index contributed by atoms with van der Waals surface area (Å²) in [5, 5.41) is 14.0. The Labute approximate surface area is 168 Å². The first-order chi connectivity index (χ1) is 14.0. The largest absolute Gasteiger partial charge is 0.324 e. The number of tetrazole rings is 1. The van der Waals surface area contributed by atoms with E-state index in [-0.39, 0.29) is 11.7 Å². The maximum absolute atomic E-state index is 12.9. The van der Waals surface area contributed by atoms with E-state index in [0.717, 1.165) is 5.56 Å². The SMILES string of the molecule is O=C(Nc1ccc(N2CCCS2(=O)=O)cc1)C(Cc1ccccc1)n1cnnn1. The Morgan fingerprint density at radius 3 is 2.48 bits per heavy atom. The van der Waals surface area contributed by atoms with Gasteiger partial charge in [0.05, 0.1) is 11.4 Å². The van der Waals surface area contributed by atoms with Gasteiger partial charge in [-0.3, -0.25) is 9.10 Å². The van der Waals surface area contributed by atoms with Crippen LogP contribution in [-0.2, 0) is 21.2 Å². The van der Waals surface area contributed by atoms with E-state index < -0.39 is 16.1 Å². The van der Waals surface area contributed by atoms with Crippen LogP contribution in [0.4, 0.5) is 11.4 Å². The summed E-state index contributed by atoms with van der Waals surface area (Å²) < 4.78 is 26.9. The number of nitrogens with zero attached hydrogens (tertiary/aromatic N) is 5. The molecule has 150 valence electrons. The molecule has 0 radical (unpaired) electrons. The summed E-state index contributed by atoms with van der Waals surface area (Å²) in [6, 6.07) is 15.8. The van der Waals surface area contributed by atoms with Gasteiger partial charge in [0, 0.05) is 18.7 Å². The first-order valence-corrected chi connectivity index (χ1v) is 10.8. The molecule has 0 bridgehead atoms. The van der Waals surface area contributed by atoms with Crippen LogP contribution in [0.1, 0.15) is 18.0 Å². The molecule has 9 nitrogen and oxygen atoms in total. The Morgan fingerprint density at radius 2 is 1.86 bits per heavy atom. The van der Waals surface area contributed by atoms with E-state index in [0.29, 0.717) is 30.8 Å². The highest BCUT2D eigenvalue weighted by atomic mass is 32.2. The molecule has 0 aliphatic carbocycles. The lowest BCUT2D eigenvalue weighted by molar-refractivity contribution is -0.119. The van der Waals surface area contributed by atoms with Crippen LogP contribution in [0.25, 0.3) is 0 Å². The third-order valence-corrected chi connectivity index (χ3v) is 6.65. The number of anilines is 2. The maximum atomic E-state index is 12.9. The Kier molecular flexibility index (Phi) is 5.26. The molecule has 29 heavy (non-hydrogen) atoms. The highest BCUT2D eigenvalue weighted by molar-refractivity contribution is 7.93. The Balaban J connectivity index is 1.50. The standard InChI is InChI=1S/C19H20N6O3S/c26-19(18(24-14-20-22-23-24)13-15-5-2-1-3-6-15)21-16-7-9-17(10-8-16)25-11-4-12-29(25,27)28/h1-3,5-10,14,18H,4,11-13H2,(H,21,26). The van der Waals surface area contributed by atoms with Crippen LogP contribution in [0, 0.1) is 0 Å². The van der Waals surface area contributed by atoms with Gasteiger partial charge in [-0.2, -0.15) is 0 Å². The Morgan fingerprint density at radius 1 is 1.10 bits per heavy atom. The lowest BCUT2D eigenvalue weighted by atomic mass is 10.1. The van der Waals surface area contributed by atoms with Crippen LogP contribution in [0.3, 0.4) is 0 Å². The van der Waals surface area contributed by atoms with Crippen molar-refractivity contribution in [2.75, 3.05) is 21.9 Å². The highest BCUT2D eigenvalue weighted by Crippen LogP contribution is 2.26. The van der Waals surface area contributed by atoms with Gasteiger partial charge in [0.2, 0.25) is 15.9 Å². The van der Waals surface area contributed by atoms with Crippen LogP contribution in [-0.4, -0.2) is 46.8 Å². The second-order valence-electron chi connectivity index (χ2n) is 6.77. The zero-order valence-corrected chi connectivity index (χ0v) is 16.4. The van der Waals surface area contributed by atoms with Crippen molar-refractivity contribution >= 4 is 27.3 Å². The van der Waals surface area contributed by atoms with Crippen LogP contribution >= 0.6 is 0 Å². The molecule has 1 saturated heterocycles. The fraction of sp³-hybridized carbons (Fsp3) is 0.263. The molecule has 0 saturated carbocycles. The minimum Gasteiger partial charge on any atom is -0.324 e. The number of hydrogen-bond donors (Lipinski definition) is 1. The molecule has 2 heterocycles. The summed E-state index contributed by atoms with van der Waals surface area (Å²) in [7, 11) is -3.23. The van der Waals surface area contributed by atoms with E-state index in [9.17, 15) is 13.2 Å². The summed E-state index contributed by atoms with van der Waals surface area (Å²) in [6.07, 6.45) is 2.46. The fourth-order valence-electron chi connectivity index (χ4n) is 3.32. The summed E-state index contributed by atoms with van der Waals surface area (Å²) >= 11 is 0. The van der Waals surface area contributed by atoms with Gasteiger partial charge in [-0.15, -0.1) is 5.10 Å². The van der Waals surface area contributed by atoms with Crippen LogP contribution in [0.15, 0.2) is 60.9 Å². The average Bonchev–Trinajstić information content (AvgIpc) is 3.37. The molecule has 2 aromatic carbocycles. The Hall–Kier alpha value is -3.27. The minimum atomic E-state index is -3.23. The lowest BCUT2D eigenvalue weighted by Gasteiger charge is -2.18. The number of benzene rings is 2. The van der Waals surface area contributed by atoms with Gasteiger partial charge in [0.15, 0.2) is 0 Å². The van der Waals surface area contributed by atoms with Crippen molar-refractivity contribution in [2.45, 2.75) is 18.9 Å². The van der Waals surface area contributed by atoms with Crippen LogP contribution in [0.2, 0.25) is 0 Å². The predicted molar refractivity (Wildman–Crippen MR) is 108 cm³/mol. The number of aromatic nitrogens is 4. The molecule has 10 heteroatoms. The Bertz CT molecular complexity index is 1070. The zero-order valence-electron chi connectivity index (χ0n) is 15.5. The molecular weight excluding hydrogens is 392 g/mol. The van der Waals surface area contributed by atoms with E-state index in [4.69, 9.17) is 0 Å². The second-order valence-corrected chi connectivity index (χ2v) is 8.79. The minimum absolute atomic E-state index is 0.165. The number of carbonyl (C=O) groups is 1. The number of amides is 1. The molecule has 1 N–H and O–H groups in total. The molecule has 1 fully saturated rings. The van der Waals surface area contributed by atoms with Crippen molar-refractivity contribution in [3.8, 4) is 0 Å². The predicted octanol–water partition coefficient (Wildman–Crippen LogP) is 1.64. The van der Waals surface area contributed by atoms with Crippen LogP contribution in [0.5, 0.6) is 0 Å². The number of rotatable bonds is 6. The topological polar surface area (TPSA) is 110 Å². The van der Waals surface area contributed by atoms with Crippen molar-refractivity contribution in [3.05, 3.63) is 66.5 Å². The van der Waals surface area contributed by atoms with Crippen molar-refractivity contribution < 1.29 is 13.2 Å². The molecule has 4 rings (SSSR count). The van der Waals surface area contributed by atoms with Crippen molar-refractivity contribution in [1.29, 1.82) is 0 Å². The molecule has 0 spiro atoms. The fourth-order valence-corrected chi connectivity index (χ4v) is 4.89. The molecule has 1 aromatic heterocycles. The van der Waals surface area contributed by atoms with E-state index in [1.165, 1.54) is 15.3 Å². The van der Waals surface area contributed by atoms with E-state index in [1.54, 1.807) is 24.3 Å². The second kappa shape index (κ2) is 8.00. The van der Waals surface area contributed by atoms with Gasteiger partial charge in [-0.1, -0.05) is 30.3 Å². The average molecular weight is 412 g/mol. The number of sulfonamides is 1. The van der Waals surface area contributed by atoms with Gasteiger partial charge in [0.25, 0.3) is 0 Å². The number of nitrogens with one attached hydrogen (secondary N) is 1. The van der Waals surface area contributed by atoms with E-state index in [2.05, 4.69) is 20.8 Å². The number of carbonyl (C=O) groups excluding carboxylic acids is 1. The first kappa shape index (κ1) is 19.1. The first-order valence-electron chi connectivity index (χ1n) is 9.21. The molecule has 1 atom stereocenters. The summed E-state index contributed by atoms with van der Waals surface area (Å²) in [5.41, 5.74) is 2.15. The summed E-state index contributed by atoms with van der Waals surface area (Å²) in [4.78, 5) is 12.9. The molecule has 1 amide bonds. The molecular formula is C19H20N6O3S. The maximum Gasteiger partial charge on any atom is 0.249 e. The zero-order chi connectivity index (χ0) is 20.3. The van der Waals surface area contributed by atoms with Gasteiger partial charge >= 0.3 is 0 Å². The monoisotopic (exact) mass is 412 g/mol. The third kappa shape index (κ3) is 4.27. The highest BCUT2D eigenvalue weighted by Gasteiger charge is 2.28. The smallest absolute Gasteiger partial charge is 0.249 e. The van der Waals surface area contributed by atoms with Crippen molar-refractivity contribution in [1.82, 2.24) is 20.2 Å². The van der Waals surface area contributed by atoms with Gasteiger partial charge < -0.3 is 5.32 Å². The van der Waals surface area contributed by atoms with Gasteiger partial charge in [-0.25, -0.2) is 13.1 Å². The molecule has 1 aliphatic heterocycles. The van der Waals surface area contributed by atoms with Gasteiger partial charge in [0.1, 0.15) is 12.4 Å². The summed E-state index contributed by atoms with van der Waals surface area (Å²) in [6.45, 7) is 0.479. The molecule has 1 unspecified atom stereocenters. The number of hydrogen-bond acceptors (Lipinski definition) is 6. The molecule has 3 aromatic rings. The van der Waals surface area contributed by atoms with Crippen LogP contribution < -0.4 is 9.62 Å². The lowest BCUT2D eigenvalue weighted by Crippen LogP contribution is -2.28. The van der Waals surface area contributed by atoms with E-state index >= 15 is 0 Å². The van der Waals surface area contributed by atoms with E-state index in [1.807, 2.05) is 30.3 Å². The van der Waals surface area contributed by atoms with Gasteiger partial charge in [-0.05, 0) is 46.7 Å². The van der Waals surface area contributed by atoms with Crippen molar-refractivity contribution in [2.24, 2.45) is 0 Å².